The maximum absolute atomic E-state index is 12.5. The van der Waals surface area contributed by atoms with Gasteiger partial charge in [-0.15, -0.1) is 0 Å². The Balaban J connectivity index is 2.25. The van der Waals surface area contributed by atoms with Crippen LogP contribution in [0.15, 0.2) is 41.5 Å². The number of aryl methyl sites for hydroxylation is 2. The second-order valence-corrected chi connectivity index (χ2v) is 8.69. The van der Waals surface area contributed by atoms with Gasteiger partial charge in [0.15, 0.2) is 0 Å². The summed E-state index contributed by atoms with van der Waals surface area (Å²) in [6, 6.07) is 7.37. The van der Waals surface area contributed by atoms with Crippen LogP contribution in [0.4, 0.5) is 5.95 Å². The zero-order valence-electron chi connectivity index (χ0n) is 16.3. The van der Waals surface area contributed by atoms with Crippen LogP contribution in [-0.2, 0) is 23.5 Å². The third kappa shape index (κ3) is 4.06. The lowest BCUT2D eigenvalue weighted by atomic mass is 9.99. The number of sulfonamides is 1. The molecule has 2 heterocycles. The first-order valence-electron chi connectivity index (χ1n) is 9.31. The fourth-order valence-electron chi connectivity index (χ4n) is 3.06. The van der Waals surface area contributed by atoms with E-state index in [9.17, 15) is 13.2 Å². The van der Waals surface area contributed by atoms with Crippen LogP contribution in [0, 0.1) is 0 Å². The normalized spacial score (nSPS) is 11.7. The Bertz CT molecular complexity index is 1170. The summed E-state index contributed by atoms with van der Waals surface area (Å²) in [6.45, 7) is 3.66. The minimum atomic E-state index is -3.49. The number of rotatable bonds is 7. The molecular formula is C20H24N4O3S. The Kier molecular flexibility index (Phi) is 5.79. The smallest absolute Gasteiger partial charge is 0.258 e. The fraction of sp³-hybridized carbons (Fsp3) is 0.350. The number of pyridine rings is 1. The topological polar surface area (TPSA) is 93.9 Å². The van der Waals surface area contributed by atoms with Gasteiger partial charge in [0.25, 0.3) is 5.56 Å². The molecule has 1 aromatic carbocycles. The van der Waals surface area contributed by atoms with Crippen LogP contribution in [-0.4, -0.2) is 28.7 Å². The van der Waals surface area contributed by atoms with Crippen molar-refractivity contribution in [3.8, 4) is 11.3 Å². The van der Waals surface area contributed by atoms with E-state index in [-0.39, 0.29) is 17.3 Å². The van der Waals surface area contributed by atoms with Crippen molar-refractivity contribution in [3.63, 3.8) is 0 Å². The van der Waals surface area contributed by atoms with Gasteiger partial charge in [-0.25, -0.2) is 18.4 Å². The number of nitrogens with zero attached hydrogens (tertiary/aromatic N) is 3. The van der Waals surface area contributed by atoms with E-state index in [1.165, 1.54) is 4.57 Å². The number of unbranched alkanes of at least 4 members (excludes halogenated alkanes) is 1. The third-order valence-corrected chi connectivity index (χ3v) is 5.89. The molecule has 3 aromatic rings. The van der Waals surface area contributed by atoms with Gasteiger partial charge in [0.05, 0.1) is 11.4 Å². The van der Waals surface area contributed by atoms with Gasteiger partial charge in [-0.05, 0) is 36.8 Å². The lowest BCUT2D eigenvalue weighted by Crippen LogP contribution is -2.18. The molecule has 0 unspecified atom stereocenters. The summed E-state index contributed by atoms with van der Waals surface area (Å²) >= 11 is 0. The quantitative estimate of drug-likeness (QED) is 0.658. The van der Waals surface area contributed by atoms with Gasteiger partial charge in [-0.3, -0.25) is 9.52 Å². The van der Waals surface area contributed by atoms with Gasteiger partial charge in [0.1, 0.15) is 0 Å². The Morgan fingerprint density at radius 3 is 2.54 bits per heavy atom. The van der Waals surface area contributed by atoms with E-state index in [1.54, 1.807) is 32.4 Å². The van der Waals surface area contributed by atoms with E-state index in [1.807, 2.05) is 18.2 Å². The Labute approximate surface area is 164 Å². The molecule has 7 nitrogen and oxygen atoms in total. The number of aromatic nitrogens is 3. The van der Waals surface area contributed by atoms with Crippen LogP contribution in [0.5, 0.6) is 0 Å². The van der Waals surface area contributed by atoms with E-state index in [2.05, 4.69) is 21.6 Å². The van der Waals surface area contributed by atoms with Gasteiger partial charge in [-0.2, -0.15) is 0 Å². The maximum Gasteiger partial charge on any atom is 0.258 e. The van der Waals surface area contributed by atoms with Crippen LogP contribution < -0.4 is 10.3 Å². The van der Waals surface area contributed by atoms with Crippen molar-refractivity contribution in [1.82, 2.24) is 14.5 Å². The molecule has 0 atom stereocenters. The highest BCUT2D eigenvalue weighted by atomic mass is 32.2. The molecule has 0 radical (unpaired) electrons. The van der Waals surface area contributed by atoms with Crippen LogP contribution in [0.2, 0.25) is 0 Å². The Hall–Kier alpha value is -2.74. The summed E-state index contributed by atoms with van der Waals surface area (Å²) in [4.78, 5) is 21.2. The molecule has 0 amide bonds. The molecule has 0 aliphatic rings. The molecule has 0 saturated heterocycles. The first-order valence-corrected chi connectivity index (χ1v) is 11.0. The molecule has 0 aliphatic carbocycles. The zero-order chi connectivity index (χ0) is 20.3. The van der Waals surface area contributed by atoms with E-state index < -0.39 is 10.0 Å². The fourth-order valence-corrected chi connectivity index (χ4v) is 3.58. The van der Waals surface area contributed by atoms with Crippen LogP contribution >= 0.6 is 0 Å². The minimum absolute atomic E-state index is 0.0371. The van der Waals surface area contributed by atoms with Crippen LogP contribution in [0.25, 0.3) is 22.0 Å². The number of benzene rings is 1. The van der Waals surface area contributed by atoms with Crippen molar-refractivity contribution in [2.75, 3.05) is 10.5 Å². The molecule has 28 heavy (non-hydrogen) atoms. The van der Waals surface area contributed by atoms with Crippen molar-refractivity contribution >= 4 is 26.7 Å². The third-order valence-electron chi connectivity index (χ3n) is 4.64. The Morgan fingerprint density at radius 1 is 1.14 bits per heavy atom. The van der Waals surface area contributed by atoms with E-state index in [0.29, 0.717) is 11.1 Å². The summed E-state index contributed by atoms with van der Waals surface area (Å²) in [5.74, 6) is -0.0264. The lowest BCUT2D eigenvalue weighted by molar-refractivity contribution is 0.602. The number of hydrogen-bond donors (Lipinski definition) is 1. The monoisotopic (exact) mass is 400 g/mol. The van der Waals surface area contributed by atoms with Crippen molar-refractivity contribution in [1.29, 1.82) is 0 Å². The van der Waals surface area contributed by atoms with Gasteiger partial charge >= 0.3 is 0 Å². The molecule has 2 aromatic heterocycles. The zero-order valence-corrected chi connectivity index (χ0v) is 17.1. The first-order chi connectivity index (χ1) is 13.4. The highest BCUT2D eigenvalue weighted by Gasteiger charge is 2.17. The van der Waals surface area contributed by atoms with E-state index in [4.69, 9.17) is 0 Å². The molecule has 0 bridgehead atoms. The summed E-state index contributed by atoms with van der Waals surface area (Å²) in [7, 11) is -1.79. The van der Waals surface area contributed by atoms with Gasteiger partial charge < -0.3 is 4.57 Å². The second-order valence-electron chi connectivity index (χ2n) is 6.68. The summed E-state index contributed by atoms with van der Waals surface area (Å²) in [6.07, 6.45) is 6.16. The second kappa shape index (κ2) is 8.10. The van der Waals surface area contributed by atoms with Gasteiger partial charge in [-0.1, -0.05) is 31.5 Å². The Morgan fingerprint density at radius 2 is 1.86 bits per heavy atom. The highest BCUT2D eigenvalue weighted by Crippen LogP contribution is 2.29. The van der Waals surface area contributed by atoms with Gasteiger partial charge in [0, 0.05) is 30.4 Å². The standard InChI is InChI=1S/C20H24N4O3S/c1-4-6-9-14-12-21-20(23-28(26,27)5-2)22-18(14)17-13-24(3)19(25)16-11-8-7-10-15(16)17/h7-8,10-13H,4-6,9H2,1-3H3,(H,21,22,23). The number of hydrogen-bond acceptors (Lipinski definition) is 5. The molecule has 0 aliphatic heterocycles. The molecule has 3 rings (SSSR count). The number of nitrogens with one attached hydrogen (secondary N) is 1. The largest absolute Gasteiger partial charge is 0.317 e. The molecule has 1 N–H and O–H groups in total. The first kappa shape index (κ1) is 20.0. The lowest BCUT2D eigenvalue weighted by Gasteiger charge is -2.14. The van der Waals surface area contributed by atoms with Crippen LogP contribution in [0.3, 0.4) is 0 Å². The van der Waals surface area contributed by atoms with Crippen molar-refractivity contribution in [3.05, 3.63) is 52.6 Å². The molecule has 0 spiro atoms. The average Bonchev–Trinajstić information content (AvgIpc) is 2.69. The number of anilines is 1. The summed E-state index contributed by atoms with van der Waals surface area (Å²) < 4.78 is 27.8. The van der Waals surface area contributed by atoms with Gasteiger partial charge in [0.2, 0.25) is 16.0 Å². The summed E-state index contributed by atoms with van der Waals surface area (Å²) in [5.41, 5.74) is 2.26. The maximum atomic E-state index is 12.5. The van der Waals surface area contributed by atoms with E-state index >= 15 is 0 Å². The van der Waals surface area contributed by atoms with Crippen molar-refractivity contribution in [2.45, 2.75) is 33.1 Å². The molecular weight excluding hydrogens is 376 g/mol. The van der Waals surface area contributed by atoms with Crippen LogP contribution in [0.1, 0.15) is 32.3 Å². The SMILES string of the molecule is CCCCc1cnc(NS(=O)(=O)CC)nc1-c1cn(C)c(=O)c2ccccc12. The molecule has 0 saturated carbocycles. The average molecular weight is 401 g/mol. The minimum Gasteiger partial charge on any atom is -0.317 e. The van der Waals surface area contributed by atoms with E-state index in [0.717, 1.165) is 35.8 Å². The molecule has 0 fully saturated rings. The predicted molar refractivity (Wildman–Crippen MR) is 112 cm³/mol. The molecule has 148 valence electrons. The molecule has 8 heteroatoms. The number of fused-ring (bicyclic) bond motifs is 1. The predicted octanol–water partition coefficient (Wildman–Crippen LogP) is 3.10. The summed E-state index contributed by atoms with van der Waals surface area (Å²) in [5, 5.41) is 1.38. The van der Waals surface area contributed by atoms with Crippen molar-refractivity contribution < 1.29 is 8.42 Å². The highest BCUT2D eigenvalue weighted by molar-refractivity contribution is 7.92. The van der Waals surface area contributed by atoms with Crippen molar-refractivity contribution in [2.24, 2.45) is 7.05 Å².